The van der Waals surface area contributed by atoms with E-state index in [2.05, 4.69) is 5.10 Å². The van der Waals surface area contributed by atoms with Crippen LogP contribution in [0.25, 0.3) is 15.5 Å². The minimum absolute atomic E-state index is 0.144. The van der Waals surface area contributed by atoms with Crippen molar-refractivity contribution in [2.24, 2.45) is 5.73 Å². The predicted octanol–water partition coefficient (Wildman–Crippen LogP) is 1.25. The normalized spacial score (nSPS) is 11.2. The molecule has 0 aliphatic carbocycles. The highest BCUT2D eigenvalue weighted by molar-refractivity contribution is 7.21. The van der Waals surface area contributed by atoms with Gasteiger partial charge >= 0.3 is 0 Å². The second-order valence-electron chi connectivity index (χ2n) is 3.69. The van der Waals surface area contributed by atoms with Crippen molar-refractivity contribution in [3.05, 3.63) is 35.9 Å². The molecular formula is C11H9N3O3S. The van der Waals surface area contributed by atoms with Crippen LogP contribution in [0.2, 0.25) is 0 Å². The van der Waals surface area contributed by atoms with Crippen molar-refractivity contribution in [3.8, 4) is 10.6 Å². The van der Waals surface area contributed by atoms with Crippen molar-refractivity contribution in [3.63, 3.8) is 0 Å². The third kappa shape index (κ3) is 1.60. The molecule has 0 saturated carbocycles. The zero-order chi connectivity index (χ0) is 12.7. The Hall–Kier alpha value is -2.12. The minimum Gasteiger partial charge on any atom is -0.458 e. The number of rotatable bonds is 3. The van der Waals surface area contributed by atoms with Crippen molar-refractivity contribution in [2.75, 3.05) is 0 Å². The van der Waals surface area contributed by atoms with Crippen LogP contribution in [-0.4, -0.2) is 20.6 Å². The lowest BCUT2D eigenvalue weighted by atomic mass is 10.3. The monoisotopic (exact) mass is 263 g/mol. The number of hydrogen-bond donors (Lipinski definition) is 2. The summed E-state index contributed by atoms with van der Waals surface area (Å²) in [5, 5.41) is 13.0. The smallest absolute Gasteiger partial charge is 0.253 e. The Balaban J connectivity index is 2.10. The van der Waals surface area contributed by atoms with Gasteiger partial charge in [-0.15, -0.1) is 11.3 Å². The molecule has 0 saturated heterocycles. The number of fused-ring (bicyclic) bond motifs is 1. The molecule has 0 aliphatic rings. The number of thiazole rings is 1. The van der Waals surface area contributed by atoms with E-state index in [4.69, 9.17) is 15.3 Å². The summed E-state index contributed by atoms with van der Waals surface area (Å²) < 4.78 is 7.01. The van der Waals surface area contributed by atoms with Crippen LogP contribution in [0.4, 0.5) is 0 Å². The summed E-state index contributed by atoms with van der Waals surface area (Å²) >= 11 is 1.36. The van der Waals surface area contributed by atoms with Crippen LogP contribution >= 0.6 is 11.3 Å². The Morgan fingerprint density at radius 2 is 2.39 bits per heavy atom. The van der Waals surface area contributed by atoms with Crippen LogP contribution < -0.4 is 5.73 Å². The van der Waals surface area contributed by atoms with E-state index >= 15 is 0 Å². The second kappa shape index (κ2) is 3.97. The molecular weight excluding hydrogens is 254 g/mol. The van der Waals surface area contributed by atoms with Gasteiger partial charge in [-0.2, -0.15) is 5.10 Å². The average molecular weight is 263 g/mol. The summed E-state index contributed by atoms with van der Waals surface area (Å²) in [6.07, 6.45) is 3.20. The number of nitrogens with zero attached hydrogens (tertiary/aromatic N) is 2. The zero-order valence-electron chi connectivity index (χ0n) is 9.16. The Kier molecular flexibility index (Phi) is 2.42. The molecule has 3 heterocycles. The highest BCUT2D eigenvalue weighted by Gasteiger charge is 2.15. The first-order valence-corrected chi connectivity index (χ1v) is 5.97. The Bertz CT molecular complexity index is 725. The highest BCUT2D eigenvalue weighted by atomic mass is 32.1. The molecule has 0 atom stereocenters. The quantitative estimate of drug-likeness (QED) is 0.743. The fourth-order valence-corrected chi connectivity index (χ4v) is 2.69. The maximum absolute atomic E-state index is 11.2. The summed E-state index contributed by atoms with van der Waals surface area (Å²) in [4.78, 5) is 12.7. The van der Waals surface area contributed by atoms with Crippen molar-refractivity contribution >= 4 is 22.1 Å². The van der Waals surface area contributed by atoms with Crippen LogP contribution in [0.15, 0.2) is 28.9 Å². The van der Waals surface area contributed by atoms with E-state index in [-0.39, 0.29) is 6.61 Å². The molecule has 3 N–H and O–H groups in total. The summed E-state index contributed by atoms with van der Waals surface area (Å²) in [5.74, 6) is 0.616. The Labute approximate surface area is 105 Å². The lowest BCUT2D eigenvalue weighted by Gasteiger charge is -1.89. The van der Waals surface area contributed by atoms with Crippen molar-refractivity contribution in [1.82, 2.24) is 9.61 Å². The lowest BCUT2D eigenvalue weighted by Crippen LogP contribution is -2.09. The summed E-state index contributed by atoms with van der Waals surface area (Å²) in [6.45, 7) is -0.144. The number of aromatic nitrogens is 2. The molecule has 3 aromatic heterocycles. The third-order valence-electron chi connectivity index (χ3n) is 2.52. The topological polar surface area (TPSA) is 93.8 Å². The lowest BCUT2D eigenvalue weighted by molar-refractivity contribution is 0.100. The molecule has 0 unspecified atom stereocenters. The van der Waals surface area contributed by atoms with Crippen molar-refractivity contribution < 1.29 is 14.3 Å². The number of nitrogens with two attached hydrogens (primary N) is 1. The van der Waals surface area contributed by atoms with Gasteiger partial charge in [0.1, 0.15) is 23.0 Å². The van der Waals surface area contributed by atoms with Crippen LogP contribution in [-0.2, 0) is 6.61 Å². The van der Waals surface area contributed by atoms with Gasteiger partial charge in [0.15, 0.2) is 0 Å². The Morgan fingerprint density at radius 1 is 1.56 bits per heavy atom. The maximum Gasteiger partial charge on any atom is 0.253 e. The van der Waals surface area contributed by atoms with Crippen molar-refractivity contribution in [1.29, 1.82) is 0 Å². The van der Waals surface area contributed by atoms with E-state index in [1.54, 1.807) is 22.8 Å². The van der Waals surface area contributed by atoms with Gasteiger partial charge in [0.2, 0.25) is 0 Å². The summed E-state index contributed by atoms with van der Waals surface area (Å²) in [5.41, 5.74) is 5.64. The SMILES string of the molecule is NC(=O)c1cnn2cc(-c3ccc(CO)o3)sc12. The fourth-order valence-electron chi connectivity index (χ4n) is 1.66. The second-order valence-corrected chi connectivity index (χ2v) is 4.72. The van der Waals surface area contributed by atoms with E-state index in [0.29, 0.717) is 21.9 Å². The number of hydrogen-bond acceptors (Lipinski definition) is 5. The standard InChI is InChI=1S/C11H9N3O3S/c12-10(16)7-3-13-14-4-9(18-11(7)14)8-2-1-6(5-15)17-8/h1-4,15H,5H2,(H2,12,16). The van der Waals surface area contributed by atoms with E-state index in [1.165, 1.54) is 17.5 Å². The van der Waals surface area contributed by atoms with Gasteiger partial charge in [-0.1, -0.05) is 0 Å². The zero-order valence-corrected chi connectivity index (χ0v) is 9.98. The van der Waals surface area contributed by atoms with Crippen LogP contribution in [0.3, 0.4) is 0 Å². The minimum atomic E-state index is -0.506. The molecule has 3 aromatic rings. The van der Waals surface area contributed by atoms with Crippen LogP contribution in [0, 0.1) is 0 Å². The van der Waals surface area contributed by atoms with Gasteiger partial charge in [0, 0.05) is 0 Å². The van der Waals surface area contributed by atoms with Crippen molar-refractivity contribution in [2.45, 2.75) is 6.61 Å². The van der Waals surface area contributed by atoms with Crippen LogP contribution in [0.1, 0.15) is 16.1 Å². The Morgan fingerprint density at radius 3 is 3.06 bits per heavy atom. The molecule has 7 heteroatoms. The number of amides is 1. The number of furan rings is 1. The number of aliphatic hydroxyl groups excluding tert-OH is 1. The van der Waals surface area contributed by atoms with Gasteiger partial charge in [-0.05, 0) is 12.1 Å². The van der Waals surface area contributed by atoms with Gasteiger partial charge in [0.25, 0.3) is 5.91 Å². The summed E-state index contributed by atoms with van der Waals surface area (Å²) in [7, 11) is 0. The predicted molar refractivity (Wildman–Crippen MR) is 65.2 cm³/mol. The maximum atomic E-state index is 11.2. The molecule has 0 fully saturated rings. The molecule has 3 rings (SSSR count). The number of carbonyl (C=O) groups excluding carboxylic acids is 1. The van der Waals surface area contributed by atoms with E-state index in [9.17, 15) is 4.79 Å². The first kappa shape index (κ1) is 11.0. The molecule has 18 heavy (non-hydrogen) atoms. The molecule has 0 aliphatic heterocycles. The summed E-state index contributed by atoms with van der Waals surface area (Å²) in [6, 6.07) is 3.47. The van der Waals surface area contributed by atoms with E-state index in [0.717, 1.165) is 4.88 Å². The molecule has 0 bridgehead atoms. The first-order chi connectivity index (χ1) is 8.69. The number of carbonyl (C=O) groups is 1. The molecule has 92 valence electrons. The van der Waals surface area contributed by atoms with Gasteiger partial charge in [0.05, 0.1) is 22.8 Å². The van der Waals surface area contributed by atoms with Gasteiger partial charge < -0.3 is 15.3 Å². The highest BCUT2D eigenvalue weighted by Crippen LogP contribution is 2.31. The third-order valence-corrected chi connectivity index (χ3v) is 3.65. The van der Waals surface area contributed by atoms with Gasteiger partial charge in [-0.25, -0.2) is 4.52 Å². The largest absolute Gasteiger partial charge is 0.458 e. The first-order valence-electron chi connectivity index (χ1n) is 5.16. The molecule has 0 aromatic carbocycles. The van der Waals surface area contributed by atoms with E-state index in [1.807, 2.05) is 0 Å². The van der Waals surface area contributed by atoms with Crippen LogP contribution in [0.5, 0.6) is 0 Å². The molecule has 6 nitrogen and oxygen atoms in total. The fraction of sp³-hybridized carbons (Fsp3) is 0.0909. The van der Waals surface area contributed by atoms with Gasteiger partial charge in [-0.3, -0.25) is 4.79 Å². The molecule has 1 amide bonds. The molecule has 0 spiro atoms. The number of aliphatic hydroxyl groups is 1. The van der Waals surface area contributed by atoms with E-state index < -0.39 is 5.91 Å². The molecule has 0 radical (unpaired) electrons. The average Bonchev–Trinajstić information content (AvgIpc) is 3.02. The number of primary amides is 1.